The average molecular weight is 308 g/mol. The zero-order valence-electron chi connectivity index (χ0n) is 10.4. The minimum absolute atomic E-state index is 0.237. The Balaban J connectivity index is 1.90. The van der Waals surface area contributed by atoms with Crippen LogP contribution in [0.15, 0.2) is 51.7 Å². The molecule has 0 bridgehead atoms. The number of fused-ring (bicyclic) bond motifs is 1. The van der Waals surface area contributed by atoms with Gasteiger partial charge in [-0.3, -0.25) is 4.98 Å². The minimum Gasteiger partial charge on any atom is -0.408 e. The second-order valence-electron chi connectivity index (χ2n) is 4.53. The molecule has 1 heterocycles. The fourth-order valence-corrected chi connectivity index (χ4v) is 2.65. The molecule has 102 valence electrons. The predicted molar refractivity (Wildman–Crippen MR) is 80.6 cm³/mol. The fraction of sp³-hybridized carbons (Fsp3) is 0.133. The second kappa shape index (κ2) is 5.35. The molecule has 3 aromatic rings. The maximum atomic E-state index is 11.1. The Morgan fingerprint density at radius 1 is 1.20 bits per heavy atom. The maximum absolute atomic E-state index is 11.1. The van der Waals surface area contributed by atoms with E-state index in [1.165, 1.54) is 0 Å². The number of rotatable bonds is 3. The lowest BCUT2D eigenvalue weighted by molar-refractivity contribution is 0.555. The quantitative estimate of drug-likeness (QED) is 0.733. The number of benzene rings is 2. The van der Waals surface area contributed by atoms with E-state index in [9.17, 15) is 4.79 Å². The summed E-state index contributed by atoms with van der Waals surface area (Å²) >= 11 is 12.6. The summed E-state index contributed by atoms with van der Waals surface area (Å²) in [5.41, 5.74) is 3.06. The highest BCUT2D eigenvalue weighted by Crippen LogP contribution is 2.29. The average Bonchev–Trinajstić information content (AvgIpc) is 2.80. The lowest BCUT2D eigenvalue weighted by Gasteiger charge is -2.11. The van der Waals surface area contributed by atoms with E-state index in [2.05, 4.69) is 4.98 Å². The van der Waals surface area contributed by atoms with Crippen LogP contribution >= 0.6 is 23.2 Å². The van der Waals surface area contributed by atoms with Crippen LogP contribution in [0.2, 0.25) is 5.02 Å². The van der Waals surface area contributed by atoms with E-state index in [0.29, 0.717) is 22.5 Å². The van der Waals surface area contributed by atoms with Crippen LogP contribution in [0, 0.1) is 0 Å². The van der Waals surface area contributed by atoms with Crippen molar-refractivity contribution in [1.82, 2.24) is 4.98 Å². The molecule has 1 aromatic heterocycles. The molecule has 5 heteroatoms. The van der Waals surface area contributed by atoms with Gasteiger partial charge < -0.3 is 4.42 Å². The first-order valence-electron chi connectivity index (χ1n) is 6.14. The first kappa shape index (κ1) is 13.3. The smallest absolute Gasteiger partial charge is 0.408 e. The van der Waals surface area contributed by atoms with Gasteiger partial charge in [-0.25, -0.2) is 4.79 Å². The van der Waals surface area contributed by atoms with Gasteiger partial charge in [0.05, 0.1) is 10.9 Å². The fourth-order valence-electron chi connectivity index (χ4n) is 2.13. The Morgan fingerprint density at radius 3 is 2.80 bits per heavy atom. The summed E-state index contributed by atoms with van der Waals surface area (Å²) in [5.74, 6) is -0.464. The van der Waals surface area contributed by atoms with Crippen LogP contribution in [0.5, 0.6) is 0 Å². The van der Waals surface area contributed by atoms with Crippen molar-refractivity contribution in [2.24, 2.45) is 0 Å². The molecule has 0 saturated heterocycles. The van der Waals surface area contributed by atoms with Crippen LogP contribution < -0.4 is 5.76 Å². The van der Waals surface area contributed by atoms with Crippen molar-refractivity contribution in [1.29, 1.82) is 0 Å². The van der Waals surface area contributed by atoms with Crippen molar-refractivity contribution in [3.63, 3.8) is 0 Å². The van der Waals surface area contributed by atoms with Crippen LogP contribution in [0.4, 0.5) is 0 Å². The Hall–Kier alpha value is -1.71. The first-order valence-corrected chi connectivity index (χ1v) is 6.95. The van der Waals surface area contributed by atoms with E-state index in [1.807, 2.05) is 30.3 Å². The Kier molecular flexibility index (Phi) is 3.55. The standard InChI is InChI=1S/C15H11Cl2NO2/c16-11-4-2-1-3-9(11)7-12(17)10-5-6-13-14(8-10)20-15(19)18-13/h1-6,8,12H,7H2,(H,18,19). The third-order valence-electron chi connectivity index (χ3n) is 3.16. The number of hydrogen-bond donors (Lipinski definition) is 1. The van der Waals surface area contributed by atoms with Crippen molar-refractivity contribution >= 4 is 34.3 Å². The molecule has 1 N–H and O–H groups in total. The van der Waals surface area contributed by atoms with E-state index in [4.69, 9.17) is 27.6 Å². The molecule has 3 rings (SSSR count). The SMILES string of the molecule is O=c1[nH]c2ccc(C(Cl)Cc3ccccc3Cl)cc2o1. The first-order chi connectivity index (χ1) is 9.63. The van der Waals surface area contributed by atoms with Crippen LogP contribution in [0.25, 0.3) is 11.1 Å². The molecule has 0 aliphatic heterocycles. The Bertz CT molecular complexity index is 807. The number of nitrogens with one attached hydrogen (secondary N) is 1. The summed E-state index contributed by atoms with van der Waals surface area (Å²) in [6.07, 6.45) is 0.612. The third kappa shape index (κ3) is 2.60. The number of halogens is 2. The molecule has 0 radical (unpaired) electrons. The van der Waals surface area contributed by atoms with Crippen LogP contribution in [0.1, 0.15) is 16.5 Å². The number of oxazole rings is 1. The third-order valence-corrected chi connectivity index (χ3v) is 3.94. The Morgan fingerprint density at radius 2 is 2.00 bits per heavy atom. The summed E-state index contributed by atoms with van der Waals surface area (Å²) in [6.45, 7) is 0. The molecule has 0 amide bonds. The topological polar surface area (TPSA) is 46.0 Å². The van der Waals surface area contributed by atoms with Gasteiger partial charge >= 0.3 is 5.76 Å². The number of hydrogen-bond acceptors (Lipinski definition) is 2. The van der Waals surface area contributed by atoms with Gasteiger partial charge in [-0.15, -0.1) is 11.6 Å². The molecular formula is C15H11Cl2NO2. The molecule has 2 aromatic carbocycles. The molecule has 20 heavy (non-hydrogen) atoms. The lowest BCUT2D eigenvalue weighted by Crippen LogP contribution is -1.96. The van der Waals surface area contributed by atoms with Crippen LogP contribution in [-0.2, 0) is 6.42 Å². The van der Waals surface area contributed by atoms with E-state index < -0.39 is 5.76 Å². The van der Waals surface area contributed by atoms with Gasteiger partial charge in [0, 0.05) is 5.02 Å². The molecule has 1 unspecified atom stereocenters. The molecular weight excluding hydrogens is 297 g/mol. The van der Waals surface area contributed by atoms with Crippen LogP contribution in [0.3, 0.4) is 0 Å². The monoisotopic (exact) mass is 307 g/mol. The van der Waals surface area contributed by atoms with Gasteiger partial charge in [-0.2, -0.15) is 0 Å². The van der Waals surface area contributed by atoms with Crippen molar-refractivity contribution in [2.75, 3.05) is 0 Å². The van der Waals surface area contributed by atoms with Gasteiger partial charge in [0.25, 0.3) is 0 Å². The van der Waals surface area contributed by atoms with Gasteiger partial charge in [-0.1, -0.05) is 35.9 Å². The zero-order chi connectivity index (χ0) is 14.1. The number of alkyl halides is 1. The lowest BCUT2D eigenvalue weighted by atomic mass is 10.0. The number of aromatic amines is 1. The van der Waals surface area contributed by atoms with E-state index in [-0.39, 0.29) is 5.38 Å². The molecule has 0 aliphatic carbocycles. The van der Waals surface area contributed by atoms with Crippen molar-refractivity contribution in [2.45, 2.75) is 11.8 Å². The highest BCUT2D eigenvalue weighted by atomic mass is 35.5. The molecule has 0 aliphatic rings. The van der Waals surface area contributed by atoms with E-state index >= 15 is 0 Å². The molecule has 0 fully saturated rings. The molecule has 0 saturated carbocycles. The summed E-state index contributed by atoms with van der Waals surface area (Å²) in [5, 5.41) is 0.465. The van der Waals surface area contributed by atoms with E-state index in [0.717, 1.165) is 11.1 Å². The molecule has 0 spiro atoms. The maximum Gasteiger partial charge on any atom is 0.417 e. The second-order valence-corrected chi connectivity index (χ2v) is 5.47. The largest absolute Gasteiger partial charge is 0.417 e. The number of H-pyrrole nitrogens is 1. The highest BCUT2D eigenvalue weighted by molar-refractivity contribution is 6.31. The number of aromatic nitrogens is 1. The van der Waals surface area contributed by atoms with Gasteiger partial charge in [0.1, 0.15) is 0 Å². The summed E-state index contributed by atoms with van der Waals surface area (Å²) in [4.78, 5) is 13.7. The zero-order valence-corrected chi connectivity index (χ0v) is 11.9. The minimum atomic E-state index is -0.464. The van der Waals surface area contributed by atoms with Crippen molar-refractivity contribution in [3.8, 4) is 0 Å². The van der Waals surface area contributed by atoms with Crippen molar-refractivity contribution in [3.05, 3.63) is 69.2 Å². The van der Waals surface area contributed by atoms with E-state index in [1.54, 1.807) is 12.1 Å². The van der Waals surface area contributed by atoms with Gasteiger partial charge in [-0.05, 0) is 35.7 Å². The van der Waals surface area contributed by atoms with Gasteiger partial charge in [0.2, 0.25) is 0 Å². The van der Waals surface area contributed by atoms with Crippen molar-refractivity contribution < 1.29 is 4.42 Å². The molecule has 1 atom stereocenters. The summed E-state index contributed by atoms with van der Waals surface area (Å²) in [6, 6.07) is 13.1. The Labute approximate surface area is 125 Å². The summed E-state index contributed by atoms with van der Waals surface area (Å²) < 4.78 is 5.04. The summed E-state index contributed by atoms with van der Waals surface area (Å²) in [7, 11) is 0. The highest BCUT2D eigenvalue weighted by Gasteiger charge is 2.13. The van der Waals surface area contributed by atoms with Crippen LogP contribution in [-0.4, -0.2) is 4.98 Å². The normalized spacial score (nSPS) is 12.7. The molecule has 3 nitrogen and oxygen atoms in total. The van der Waals surface area contributed by atoms with Gasteiger partial charge in [0.15, 0.2) is 5.58 Å². The predicted octanol–water partition coefficient (Wildman–Crippen LogP) is 4.30.